The Morgan fingerprint density at radius 1 is 0.348 bits per heavy atom. The van der Waals surface area contributed by atoms with Gasteiger partial charge >= 0.3 is 20.1 Å². The van der Waals surface area contributed by atoms with E-state index in [0.717, 1.165) is 81.7 Å². The van der Waals surface area contributed by atoms with E-state index in [0.29, 0.717) is 0 Å². The molecule has 0 spiro atoms. The number of pyridine rings is 3. The second kappa shape index (κ2) is 21.3. The van der Waals surface area contributed by atoms with Crippen molar-refractivity contribution in [1.29, 1.82) is 0 Å². The zero-order valence-electron chi connectivity index (χ0n) is 39.2. The van der Waals surface area contributed by atoms with E-state index in [-0.39, 0.29) is 25.5 Å². The minimum atomic E-state index is -0.00228. The molecule has 0 aliphatic carbocycles. The third-order valence-electron chi connectivity index (χ3n) is 12.8. The largest absolute Gasteiger partial charge is 3.00 e. The molecule has 7 aromatic carbocycles. The summed E-state index contributed by atoms with van der Waals surface area (Å²) in [7, 11) is 0. The van der Waals surface area contributed by atoms with Gasteiger partial charge in [0.25, 0.3) is 0 Å². The summed E-state index contributed by atoms with van der Waals surface area (Å²) in [6.07, 6.45) is 9.62. The first-order chi connectivity index (χ1) is 33.3. The van der Waals surface area contributed by atoms with Crippen LogP contribution in [0.4, 0.5) is 0 Å². The minimum Gasteiger partial charge on any atom is -0.304 e. The maximum absolute atomic E-state index is 5.20. The maximum Gasteiger partial charge on any atom is 3.00 e. The average molecular weight is 1070 g/mol. The standard InChI is InChI=1S/C65H52N3.Ir/c1-65(2,3)57-23-15-22-55(41-57)64-42-60(52-34-32-51(33-35-52)50-16-7-4-8-17-50)61(45-68-64)59-25-14-13-24-58(59)56-39-48(28-26-46-30-36-62(66-43-46)53-18-9-5-10-19-53)38-49(40-56)29-27-47-31-37-63(67-44-47)54-20-11-6-12-21-54;/h4-18,20,23-25,30-45H,26-29H2,1-3H3;/q-3;+3. The van der Waals surface area contributed by atoms with Crippen LogP contribution in [0.3, 0.4) is 0 Å². The third-order valence-corrected chi connectivity index (χ3v) is 12.8. The quantitative estimate of drug-likeness (QED) is 0.108. The summed E-state index contributed by atoms with van der Waals surface area (Å²) in [5, 5.41) is 0. The van der Waals surface area contributed by atoms with Crippen LogP contribution in [0.15, 0.2) is 213 Å². The predicted octanol–water partition coefficient (Wildman–Crippen LogP) is 15.8. The molecule has 336 valence electrons. The summed E-state index contributed by atoms with van der Waals surface area (Å²) in [6, 6.07) is 79.0. The van der Waals surface area contributed by atoms with Crippen LogP contribution in [0.1, 0.15) is 48.6 Å². The maximum atomic E-state index is 5.20. The van der Waals surface area contributed by atoms with Crippen molar-refractivity contribution < 1.29 is 20.1 Å². The molecule has 3 nitrogen and oxygen atoms in total. The first-order valence-corrected chi connectivity index (χ1v) is 23.6. The van der Waals surface area contributed by atoms with Gasteiger partial charge in [-0.1, -0.05) is 148 Å². The van der Waals surface area contributed by atoms with Gasteiger partial charge in [0.05, 0.1) is 0 Å². The van der Waals surface area contributed by atoms with Crippen molar-refractivity contribution in [3.8, 4) is 78.3 Å². The van der Waals surface area contributed by atoms with Crippen molar-refractivity contribution in [1.82, 2.24) is 15.0 Å². The van der Waals surface area contributed by atoms with Gasteiger partial charge in [0.2, 0.25) is 0 Å². The second-order valence-electron chi connectivity index (χ2n) is 18.5. The molecule has 3 aromatic heterocycles. The molecule has 0 saturated heterocycles. The van der Waals surface area contributed by atoms with E-state index in [1.54, 1.807) is 0 Å². The number of aromatic nitrogens is 3. The van der Waals surface area contributed by atoms with Crippen LogP contribution in [0.25, 0.3) is 78.3 Å². The molecule has 0 aliphatic rings. The first kappa shape index (κ1) is 46.7. The summed E-state index contributed by atoms with van der Waals surface area (Å²) >= 11 is 0. The Hall–Kier alpha value is -7.36. The molecule has 0 N–H and O–H groups in total. The van der Waals surface area contributed by atoms with Gasteiger partial charge in [0.15, 0.2) is 0 Å². The summed E-state index contributed by atoms with van der Waals surface area (Å²) in [5.74, 6) is 0. The first-order valence-electron chi connectivity index (χ1n) is 23.6. The second-order valence-corrected chi connectivity index (χ2v) is 18.5. The SMILES string of the molecule is CC(C)(C)c1cc[c-]c(-c2cc(-c3ccc(-c4ccccc4)cc3)c(-c3ccccc3-c3cc(CCc4ccc(-c5[c-]cccc5)nc4)cc(CCc4ccc(-c5[c-]cccc5)nc4)c3)cn2)c1.[Ir+3]. The molecule has 0 unspecified atom stereocenters. The molecular formula is C65H52IrN3. The Labute approximate surface area is 421 Å². The Morgan fingerprint density at radius 2 is 0.870 bits per heavy atom. The predicted molar refractivity (Wildman–Crippen MR) is 281 cm³/mol. The van der Waals surface area contributed by atoms with Gasteiger partial charge in [-0.25, -0.2) is 0 Å². The number of hydrogen-bond donors (Lipinski definition) is 0. The van der Waals surface area contributed by atoms with E-state index in [4.69, 9.17) is 15.0 Å². The molecule has 10 aromatic rings. The van der Waals surface area contributed by atoms with Crippen LogP contribution >= 0.6 is 0 Å². The molecule has 0 aliphatic heterocycles. The molecule has 4 heteroatoms. The van der Waals surface area contributed by atoms with Gasteiger partial charge in [-0.3, -0.25) is 0 Å². The molecule has 0 amide bonds. The smallest absolute Gasteiger partial charge is 0.304 e. The van der Waals surface area contributed by atoms with E-state index < -0.39 is 0 Å². The Morgan fingerprint density at radius 3 is 1.43 bits per heavy atom. The van der Waals surface area contributed by atoms with Crippen LogP contribution in [0.2, 0.25) is 0 Å². The minimum absolute atomic E-state index is 0. The van der Waals surface area contributed by atoms with Crippen molar-refractivity contribution in [3.05, 3.63) is 259 Å². The van der Waals surface area contributed by atoms with Crippen LogP contribution in [-0.2, 0) is 51.2 Å². The van der Waals surface area contributed by atoms with Gasteiger partial charge in [-0.2, -0.15) is 0 Å². The van der Waals surface area contributed by atoms with Crippen LogP contribution in [-0.4, -0.2) is 15.0 Å². The van der Waals surface area contributed by atoms with Crippen LogP contribution in [0.5, 0.6) is 0 Å². The molecule has 0 atom stereocenters. The van der Waals surface area contributed by atoms with Crippen molar-refractivity contribution in [3.63, 3.8) is 0 Å². The normalized spacial score (nSPS) is 11.2. The molecule has 0 radical (unpaired) electrons. The fraction of sp³-hybridized carbons (Fsp3) is 0.123. The van der Waals surface area contributed by atoms with E-state index in [9.17, 15) is 0 Å². The molecule has 69 heavy (non-hydrogen) atoms. The van der Waals surface area contributed by atoms with Crippen molar-refractivity contribution in [2.75, 3.05) is 0 Å². The molecule has 0 saturated carbocycles. The van der Waals surface area contributed by atoms with Crippen molar-refractivity contribution >= 4 is 0 Å². The Kier molecular flexibility index (Phi) is 14.4. The third kappa shape index (κ3) is 11.2. The van der Waals surface area contributed by atoms with E-state index in [1.165, 1.54) is 50.1 Å². The molecule has 0 bridgehead atoms. The number of rotatable bonds is 13. The number of nitrogens with zero attached hydrogens (tertiary/aromatic N) is 3. The summed E-state index contributed by atoms with van der Waals surface area (Å²) in [6.45, 7) is 6.75. The fourth-order valence-corrected chi connectivity index (χ4v) is 8.93. The molecule has 0 fully saturated rings. The van der Waals surface area contributed by atoms with E-state index in [1.807, 2.05) is 54.9 Å². The molecular weight excluding hydrogens is 1010 g/mol. The van der Waals surface area contributed by atoms with Gasteiger partial charge in [-0.05, 0) is 109 Å². The fourth-order valence-electron chi connectivity index (χ4n) is 8.93. The van der Waals surface area contributed by atoms with Gasteiger partial charge < -0.3 is 15.0 Å². The monoisotopic (exact) mass is 1070 g/mol. The summed E-state index contributed by atoms with van der Waals surface area (Å²) in [4.78, 5) is 14.8. The van der Waals surface area contributed by atoms with E-state index in [2.05, 4.69) is 197 Å². The topological polar surface area (TPSA) is 38.7 Å². The van der Waals surface area contributed by atoms with Crippen LogP contribution < -0.4 is 0 Å². The molecule has 3 heterocycles. The van der Waals surface area contributed by atoms with Crippen molar-refractivity contribution in [2.24, 2.45) is 0 Å². The van der Waals surface area contributed by atoms with Gasteiger partial charge in [0, 0.05) is 24.2 Å². The Balaban J connectivity index is 0.00000593. The number of hydrogen-bond acceptors (Lipinski definition) is 3. The Bertz CT molecular complexity index is 3160. The zero-order valence-corrected chi connectivity index (χ0v) is 41.6. The molecule has 10 rings (SSSR count). The van der Waals surface area contributed by atoms with E-state index >= 15 is 0 Å². The van der Waals surface area contributed by atoms with Crippen molar-refractivity contribution in [2.45, 2.75) is 51.9 Å². The number of benzene rings is 7. The van der Waals surface area contributed by atoms with Gasteiger partial charge in [0.1, 0.15) is 0 Å². The zero-order chi connectivity index (χ0) is 46.3. The van der Waals surface area contributed by atoms with Crippen LogP contribution in [0, 0.1) is 18.2 Å². The number of aryl methyl sites for hydroxylation is 4. The average Bonchev–Trinajstić information content (AvgIpc) is 3.40. The van der Waals surface area contributed by atoms with Gasteiger partial charge in [-0.15, -0.1) is 107 Å². The summed E-state index contributed by atoms with van der Waals surface area (Å²) < 4.78 is 0. The summed E-state index contributed by atoms with van der Waals surface area (Å²) in [5.41, 5.74) is 21.2.